The zero-order valence-electron chi connectivity index (χ0n) is 15.1. The molecule has 0 aliphatic carbocycles. The van der Waals surface area contributed by atoms with Crippen molar-refractivity contribution in [3.05, 3.63) is 33.8 Å². The standard InChI is InChI=1S/C19H18BrNO6/c1-23-15-5-11(17(20)19(25-3)18(15)24-2)9-6-16(22)21-12-7-14-13(4-10(9)12)26-8-27-14/h4-5,7,9H,6,8H2,1-3H3,(H,21,22)/t9-/m1/s1. The van der Waals surface area contributed by atoms with Gasteiger partial charge in [-0.15, -0.1) is 0 Å². The number of benzene rings is 2. The Morgan fingerprint density at radius 3 is 2.37 bits per heavy atom. The summed E-state index contributed by atoms with van der Waals surface area (Å²) in [6.07, 6.45) is 0.282. The topological polar surface area (TPSA) is 75.3 Å². The molecule has 1 amide bonds. The van der Waals surface area contributed by atoms with Crippen molar-refractivity contribution >= 4 is 27.5 Å². The minimum atomic E-state index is -0.216. The molecule has 2 aliphatic rings. The smallest absolute Gasteiger partial charge is 0.231 e. The first-order valence-corrected chi connectivity index (χ1v) is 9.08. The van der Waals surface area contributed by atoms with E-state index in [0.717, 1.165) is 11.1 Å². The van der Waals surface area contributed by atoms with Crippen LogP contribution < -0.4 is 29.0 Å². The number of carbonyl (C=O) groups excluding carboxylic acids is 1. The van der Waals surface area contributed by atoms with Crippen LogP contribution in [0, 0.1) is 0 Å². The van der Waals surface area contributed by atoms with E-state index < -0.39 is 0 Å². The van der Waals surface area contributed by atoms with Gasteiger partial charge in [-0.3, -0.25) is 4.79 Å². The molecule has 0 fully saturated rings. The van der Waals surface area contributed by atoms with Crippen LogP contribution in [0.25, 0.3) is 0 Å². The summed E-state index contributed by atoms with van der Waals surface area (Å²) in [5.41, 5.74) is 2.51. The molecule has 0 spiro atoms. The number of amides is 1. The van der Waals surface area contributed by atoms with Gasteiger partial charge >= 0.3 is 0 Å². The lowest BCUT2D eigenvalue weighted by Crippen LogP contribution is -2.23. The number of carbonyl (C=O) groups is 1. The third-order valence-electron chi connectivity index (χ3n) is 4.76. The second-order valence-electron chi connectivity index (χ2n) is 6.15. The summed E-state index contributed by atoms with van der Waals surface area (Å²) in [5.74, 6) is 2.53. The minimum Gasteiger partial charge on any atom is -0.493 e. The number of hydrogen-bond acceptors (Lipinski definition) is 6. The van der Waals surface area contributed by atoms with Crippen LogP contribution in [0.1, 0.15) is 23.5 Å². The summed E-state index contributed by atoms with van der Waals surface area (Å²) in [6, 6.07) is 5.58. The van der Waals surface area contributed by atoms with Gasteiger partial charge in [-0.2, -0.15) is 0 Å². The van der Waals surface area contributed by atoms with Gasteiger partial charge in [0.15, 0.2) is 23.0 Å². The molecule has 0 unspecified atom stereocenters. The van der Waals surface area contributed by atoms with E-state index in [1.807, 2.05) is 12.1 Å². The van der Waals surface area contributed by atoms with Gasteiger partial charge in [-0.05, 0) is 39.2 Å². The Morgan fingerprint density at radius 2 is 1.70 bits per heavy atom. The fraction of sp³-hybridized carbons (Fsp3) is 0.316. The summed E-state index contributed by atoms with van der Waals surface area (Å²) in [7, 11) is 4.68. The molecule has 142 valence electrons. The summed E-state index contributed by atoms with van der Waals surface area (Å²) in [6.45, 7) is 0.171. The van der Waals surface area contributed by atoms with Crippen LogP contribution in [0.5, 0.6) is 28.7 Å². The second kappa shape index (κ2) is 6.84. The Morgan fingerprint density at radius 1 is 1.00 bits per heavy atom. The van der Waals surface area contributed by atoms with Gasteiger partial charge in [0.1, 0.15) is 0 Å². The first-order valence-electron chi connectivity index (χ1n) is 8.29. The summed E-state index contributed by atoms with van der Waals surface area (Å²) >= 11 is 3.62. The van der Waals surface area contributed by atoms with Crippen molar-refractivity contribution < 1.29 is 28.5 Å². The molecule has 8 heteroatoms. The molecule has 0 aromatic heterocycles. The molecular formula is C19H18BrNO6. The minimum absolute atomic E-state index is 0.0768. The molecule has 1 atom stereocenters. The average Bonchev–Trinajstić information content (AvgIpc) is 3.12. The average molecular weight is 436 g/mol. The maximum absolute atomic E-state index is 12.4. The highest BCUT2D eigenvalue weighted by Gasteiger charge is 2.33. The molecule has 7 nitrogen and oxygen atoms in total. The van der Waals surface area contributed by atoms with Gasteiger partial charge in [-0.1, -0.05) is 0 Å². The van der Waals surface area contributed by atoms with Gasteiger partial charge in [0, 0.05) is 24.1 Å². The molecular weight excluding hydrogens is 418 g/mol. The van der Waals surface area contributed by atoms with E-state index in [1.165, 1.54) is 0 Å². The Labute approximate surface area is 164 Å². The molecule has 0 bridgehead atoms. The van der Waals surface area contributed by atoms with Crippen molar-refractivity contribution in [1.82, 2.24) is 0 Å². The summed E-state index contributed by atoms with van der Waals surface area (Å²) in [4.78, 5) is 12.4. The molecule has 2 heterocycles. The predicted octanol–water partition coefficient (Wildman–Crippen LogP) is 3.68. The molecule has 0 saturated carbocycles. The number of ether oxygens (including phenoxy) is 5. The van der Waals surface area contributed by atoms with Crippen LogP contribution in [0.3, 0.4) is 0 Å². The van der Waals surface area contributed by atoms with E-state index in [2.05, 4.69) is 21.2 Å². The van der Waals surface area contributed by atoms with Crippen molar-refractivity contribution in [2.75, 3.05) is 33.4 Å². The lowest BCUT2D eigenvalue weighted by atomic mass is 9.84. The fourth-order valence-corrected chi connectivity index (χ4v) is 4.25. The van der Waals surface area contributed by atoms with Crippen LogP contribution in [0.2, 0.25) is 0 Å². The molecule has 4 rings (SSSR count). The number of anilines is 1. The van der Waals surface area contributed by atoms with Gasteiger partial charge in [0.2, 0.25) is 18.4 Å². The SMILES string of the molecule is COc1cc([C@@H]2CC(=O)Nc3cc4c(cc32)OCO4)c(Br)c(OC)c1OC. The van der Waals surface area contributed by atoms with Crippen molar-refractivity contribution in [1.29, 1.82) is 0 Å². The van der Waals surface area contributed by atoms with Crippen LogP contribution in [-0.4, -0.2) is 34.0 Å². The maximum atomic E-state index is 12.4. The molecule has 0 radical (unpaired) electrons. The van der Waals surface area contributed by atoms with Gasteiger partial charge < -0.3 is 29.0 Å². The van der Waals surface area contributed by atoms with Gasteiger partial charge in [0.05, 0.1) is 25.8 Å². The highest BCUT2D eigenvalue weighted by Crippen LogP contribution is 2.51. The van der Waals surface area contributed by atoms with E-state index in [4.69, 9.17) is 23.7 Å². The van der Waals surface area contributed by atoms with Crippen molar-refractivity contribution in [2.45, 2.75) is 12.3 Å². The number of halogens is 1. The number of rotatable bonds is 4. The molecule has 2 aromatic carbocycles. The molecule has 2 aliphatic heterocycles. The highest BCUT2D eigenvalue weighted by molar-refractivity contribution is 9.10. The molecule has 1 N–H and O–H groups in total. The number of methoxy groups -OCH3 is 3. The van der Waals surface area contributed by atoms with Crippen LogP contribution in [0.4, 0.5) is 5.69 Å². The highest BCUT2D eigenvalue weighted by atomic mass is 79.9. The first kappa shape index (κ1) is 17.8. The quantitative estimate of drug-likeness (QED) is 0.789. The number of hydrogen-bond donors (Lipinski definition) is 1. The monoisotopic (exact) mass is 435 g/mol. The lowest BCUT2D eigenvalue weighted by Gasteiger charge is -2.28. The third-order valence-corrected chi connectivity index (χ3v) is 5.57. The Balaban J connectivity index is 1.91. The van der Waals surface area contributed by atoms with Crippen molar-refractivity contribution in [2.24, 2.45) is 0 Å². The number of nitrogens with one attached hydrogen (secondary N) is 1. The largest absolute Gasteiger partial charge is 0.493 e. The normalized spacial score (nSPS) is 17.2. The van der Waals surface area contributed by atoms with E-state index in [-0.39, 0.29) is 25.0 Å². The predicted molar refractivity (Wildman–Crippen MR) is 101 cm³/mol. The van der Waals surface area contributed by atoms with E-state index in [0.29, 0.717) is 38.9 Å². The Bertz CT molecular complexity index is 929. The molecule has 2 aromatic rings. The van der Waals surface area contributed by atoms with Gasteiger partial charge in [-0.25, -0.2) is 0 Å². The third kappa shape index (κ3) is 2.84. The van der Waals surface area contributed by atoms with Crippen LogP contribution >= 0.6 is 15.9 Å². The first-order chi connectivity index (χ1) is 13.1. The van der Waals surface area contributed by atoms with Crippen LogP contribution in [-0.2, 0) is 4.79 Å². The van der Waals surface area contributed by atoms with Crippen molar-refractivity contribution in [3.63, 3.8) is 0 Å². The Hall–Kier alpha value is -2.61. The summed E-state index contributed by atoms with van der Waals surface area (Å²) in [5, 5.41) is 2.91. The number of fused-ring (bicyclic) bond motifs is 2. The molecule has 27 heavy (non-hydrogen) atoms. The zero-order valence-corrected chi connectivity index (χ0v) is 16.6. The molecule has 0 saturated heterocycles. The van der Waals surface area contributed by atoms with Crippen molar-refractivity contribution in [3.8, 4) is 28.7 Å². The Kier molecular flexibility index (Phi) is 4.51. The maximum Gasteiger partial charge on any atom is 0.231 e. The lowest BCUT2D eigenvalue weighted by molar-refractivity contribution is -0.116. The van der Waals surface area contributed by atoms with Gasteiger partial charge in [0.25, 0.3) is 0 Å². The van der Waals surface area contributed by atoms with E-state index in [1.54, 1.807) is 27.4 Å². The summed E-state index contributed by atoms with van der Waals surface area (Å²) < 4.78 is 28.1. The van der Waals surface area contributed by atoms with E-state index in [9.17, 15) is 4.79 Å². The fourth-order valence-electron chi connectivity index (χ4n) is 3.52. The zero-order chi connectivity index (χ0) is 19.1. The van der Waals surface area contributed by atoms with E-state index >= 15 is 0 Å². The second-order valence-corrected chi connectivity index (χ2v) is 6.94. The van der Waals surface area contributed by atoms with Crippen LogP contribution in [0.15, 0.2) is 22.7 Å².